The Labute approximate surface area is 227 Å². The first kappa shape index (κ1) is 28.3. The number of benzene rings is 3. The second kappa shape index (κ2) is 12.0. The van der Waals surface area contributed by atoms with E-state index in [1.54, 1.807) is 37.3 Å². The van der Waals surface area contributed by atoms with Crippen LogP contribution in [-0.4, -0.2) is 19.2 Å². The third-order valence-electron chi connectivity index (χ3n) is 5.49. The van der Waals surface area contributed by atoms with Gasteiger partial charge in [0.15, 0.2) is 11.5 Å². The first-order valence-corrected chi connectivity index (χ1v) is 12.3. The summed E-state index contributed by atoms with van der Waals surface area (Å²) < 4.78 is 68.2. The zero-order chi connectivity index (χ0) is 28.9. The molecule has 0 saturated carbocycles. The number of halogens is 3. The highest BCUT2D eigenvalue weighted by atomic mass is 19.4. The van der Waals surface area contributed by atoms with Crippen molar-refractivity contribution < 1.29 is 41.3 Å². The molecule has 0 fully saturated rings. The minimum Gasteiger partial charge on any atom is -0.490 e. The highest BCUT2D eigenvalue weighted by Gasteiger charge is 2.40. The van der Waals surface area contributed by atoms with E-state index in [0.717, 1.165) is 17.7 Å². The quantitative estimate of drug-likeness (QED) is 0.122. The molecule has 0 N–H and O–H groups in total. The molecule has 4 rings (SSSR count). The summed E-state index contributed by atoms with van der Waals surface area (Å²) in [5.41, 5.74) is -0.0807. The van der Waals surface area contributed by atoms with Crippen molar-refractivity contribution in [2.45, 2.75) is 26.9 Å². The van der Waals surface area contributed by atoms with Gasteiger partial charge in [-0.25, -0.2) is 4.79 Å². The van der Waals surface area contributed by atoms with Gasteiger partial charge in [-0.05, 0) is 74.4 Å². The maximum atomic E-state index is 13.8. The van der Waals surface area contributed by atoms with E-state index < -0.39 is 34.7 Å². The van der Waals surface area contributed by atoms with Gasteiger partial charge in [0, 0.05) is 12.1 Å². The Morgan fingerprint density at radius 3 is 2.38 bits per heavy atom. The fourth-order valence-corrected chi connectivity index (χ4v) is 3.78. The molecule has 40 heavy (non-hydrogen) atoms. The van der Waals surface area contributed by atoms with E-state index in [9.17, 15) is 22.8 Å². The zero-order valence-electron chi connectivity index (χ0n) is 21.8. The minimum absolute atomic E-state index is 0.0513. The van der Waals surface area contributed by atoms with Crippen molar-refractivity contribution in [2.75, 3.05) is 13.2 Å². The lowest BCUT2D eigenvalue weighted by Gasteiger charge is -2.13. The van der Waals surface area contributed by atoms with Crippen LogP contribution in [0.5, 0.6) is 28.7 Å². The summed E-state index contributed by atoms with van der Waals surface area (Å²) in [6, 6.07) is 14.9. The van der Waals surface area contributed by atoms with Crippen molar-refractivity contribution in [2.24, 2.45) is 0 Å². The van der Waals surface area contributed by atoms with Crippen LogP contribution in [0.2, 0.25) is 0 Å². The third-order valence-corrected chi connectivity index (χ3v) is 5.49. The molecule has 10 heteroatoms. The lowest BCUT2D eigenvalue weighted by atomic mass is 10.2. The van der Waals surface area contributed by atoms with E-state index in [1.807, 2.05) is 13.8 Å². The van der Waals surface area contributed by atoms with Gasteiger partial charge in [0.25, 0.3) is 5.76 Å². The maximum Gasteiger partial charge on any atom is 0.453 e. The molecule has 4 aromatic rings. The molecular formula is C30H25F3O7. The highest BCUT2D eigenvalue weighted by molar-refractivity contribution is 5.89. The molecule has 0 spiro atoms. The summed E-state index contributed by atoms with van der Waals surface area (Å²) in [6.07, 6.45) is -2.40. The normalized spacial score (nSPS) is 11.6. The average molecular weight is 555 g/mol. The summed E-state index contributed by atoms with van der Waals surface area (Å²) in [5, 5.41) is -0.177. The van der Waals surface area contributed by atoms with Crippen LogP contribution in [0.1, 0.15) is 30.7 Å². The number of carbonyl (C=O) groups excluding carboxylic acids is 1. The Balaban J connectivity index is 1.60. The van der Waals surface area contributed by atoms with Gasteiger partial charge in [0.1, 0.15) is 17.1 Å². The van der Waals surface area contributed by atoms with E-state index >= 15 is 0 Å². The standard InChI is InChI=1S/C30H25F3O7/c1-4-36-23-13-9-19(16-25(23)37-5-2)10-14-26(34)38-21-11-12-22-24(17-21)40-29(30(31,32)33)28(27(22)35)39-20-8-6-7-18(3)15-20/h6-17H,4-5H2,1-3H3. The molecule has 0 bridgehead atoms. The Morgan fingerprint density at radius 1 is 0.925 bits per heavy atom. The number of fused-ring (bicyclic) bond motifs is 1. The molecule has 0 aliphatic heterocycles. The molecule has 1 heterocycles. The van der Waals surface area contributed by atoms with Crippen LogP contribution in [0, 0.1) is 6.92 Å². The predicted octanol–water partition coefficient (Wildman–Crippen LogP) is 7.33. The third kappa shape index (κ3) is 6.63. The average Bonchev–Trinajstić information content (AvgIpc) is 2.90. The number of hydrogen-bond donors (Lipinski definition) is 0. The number of alkyl halides is 3. The largest absolute Gasteiger partial charge is 0.490 e. The zero-order valence-corrected chi connectivity index (χ0v) is 21.8. The van der Waals surface area contributed by atoms with Crippen molar-refractivity contribution >= 4 is 23.0 Å². The van der Waals surface area contributed by atoms with Crippen LogP contribution in [-0.2, 0) is 11.0 Å². The number of ether oxygens (including phenoxy) is 4. The Morgan fingerprint density at radius 2 is 1.68 bits per heavy atom. The number of aryl methyl sites for hydroxylation is 1. The number of rotatable bonds is 9. The molecule has 0 radical (unpaired) electrons. The van der Waals surface area contributed by atoms with Crippen LogP contribution in [0.25, 0.3) is 17.0 Å². The molecule has 7 nitrogen and oxygen atoms in total. The molecular weight excluding hydrogens is 529 g/mol. The Bertz CT molecular complexity index is 1620. The molecule has 0 unspecified atom stereocenters. The fraction of sp³-hybridized carbons (Fsp3) is 0.200. The SMILES string of the molecule is CCOc1ccc(C=CC(=O)Oc2ccc3c(=O)c(Oc4cccc(C)c4)c(C(F)(F)F)oc3c2)cc1OCC. The molecule has 1 aromatic heterocycles. The lowest BCUT2D eigenvalue weighted by Crippen LogP contribution is -2.15. The number of esters is 1. The van der Waals surface area contributed by atoms with Gasteiger partial charge in [-0.3, -0.25) is 4.79 Å². The van der Waals surface area contributed by atoms with Gasteiger partial charge in [-0.1, -0.05) is 18.2 Å². The van der Waals surface area contributed by atoms with E-state index in [1.165, 1.54) is 30.3 Å². The first-order valence-electron chi connectivity index (χ1n) is 12.3. The second-order valence-electron chi connectivity index (χ2n) is 8.49. The summed E-state index contributed by atoms with van der Waals surface area (Å²) >= 11 is 0. The van der Waals surface area contributed by atoms with Crippen LogP contribution in [0.3, 0.4) is 0 Å². The molecule has 0 amide bonds. The summed E-state index contributed by atoms with van der Waals surface area (Å²) in [5.74, 6) is -2.38. The van der Waals surface area contributed by atoms with Crippen molar-refractivity contribution in [3.8, 4) is 28.7 Å². The van der Waals surface area contributed by atoms with Crippen molar-refractivity contribution in [1.82, 2.24) is 0 Å². The molecule has 208 valence electrons. The van der Waals surface area contributed by atoms with E-state index in [0.29, 0.717) is 30.3 Å². The van der Waals surface area contributed by atoms with Crippen LogP contribution >= 0.6 is 0 Å². The van der Waals surface area contributed by atoms with Crippen LogP contribution in [0.15, 0.2) is 76.0 Å². The van der Waals surface area contributed by atoms with Gasteiger partial charge in [0.2, 0.25) is 11.2 Å². The van der Waals surface area contributed by atoms with Crippen molar-refractivity contribution in [3.05, 3.63) is 93.9 Å². The van der Waals surface area contributed by atoms with Crippen molar-refractivity contribution in [3.63, 3.8) is 0 Å². The maximum absolute atomic E-state index is 13.8. The van der Waals surface area contributed by atoms with Crippen molar-refractivity contribution in [1.29, 1.82) is 0 Å². The minimum atomic E-state index is -5.03. The Kier molecular flexibility index (Phi) is 8.47. The van der Waals surface area contributed by atoms with E-state index in [-0.39, 0.29) is 16.9 Å². The molecule has 0 saturated heterocycles. The first-order chi connectivity index (χ1) is 19.1. The molecule has 0 aliphatic rings. The smallest absolute Gasteiger partial charge is 0.453 e. The molecule has 0 atom stereocenters. The van der Waals surface area contributed by atoms with Crippen LogP contribution in [0.4, 0.5) is 13.2 Å². The van der Waals surface area contributed by atoms with E-state index in [2.05, 4.69) is 0 Å². The summed E-state index contributed by atoms with van der Waals surface area (Å²) in [7, 11) is 0. The fourth-order valence-electron chi connectivity index (χ4n) is 3.78. The van der Waals surface area contributed by atoms with Crippen LogP contribution < -0.4 is 24.4 Å². The predicted molar refractivity (Wildman–Crippen MR) is 142 cm³/mol. The monoisotopic (exact) mass is 554 g/mol. The number of carbonyl (C=O) groups is 1. The van der Waals surface area contributed by atoms with Gasteiger partial charge in [-0.15, -0.1) is 0 Å². The molecule has 3 aromatic carbocycles. The summed E-state index contributed by atoms with van der Waals surface area (Å²) in [6.45, 7) is 6.28. The summed E-state index contributed by atoms with van der Waals surface area (Å²) in [4.78, 5) is 25.4. The highest BCUT2D eigenvalue weighted by Crippen LogP contribution is 2.39. The second-order valence-corrected chi connectivity index (χ2v) is 8.49. The number of hydrogen-bond acceptors (Lipinski definition) is 7. The molecule has 0 aliphatic carbocycles. The topological polar surface area (TPSA) is 84.2 Å². The van der Waals surface area contributed by atoms with Gasteiger partial charge in [-0.2, -0.15) is 13.2 Å². The van der Waals surface area contributed by atoms with Gasteiger partial charge >= 0.3 is 12.1 Å². The van der Waals surface area contributed by atoms with E-state index in [4.69, 9.17) is 23.4 Å². The Hall–Kier alpha value is -4.73. The lowest BCUT2D eigenvalue weighted by molar-refractivity contribution is -0.154. The van der Waals surface area contributed by atoms with Gasteiger partial charge in [0.05, 0.1) is 18.6 Å². The van der Waals surface area contributed by atoms with Gasteiger partial charge < -0.3 is 23.4 Å².